The molecule has 8 heteroatoms. The lowest BCUT2D eigenvalue weighted by Gasteiger charge is -2.12. The number of hydrogen-bond acceptors (Lipinski definition) is 4. The number of carbonyl (C=O) groups excluding carboxylic acids is 1. The van der Waals surface area contributed by atoms with Gasteiger partial charge in [-0.15, -0.1) is 0 Å². The molecular formula is C12H12FN3O4. The maximum absolute atomic E-state index is 13.3. The van der Waals surface area contributed by atoms with E-state index in [1.165, 1.54) is 19.2 Å². The summed E-state index contributed by atoms with van der Waals surface area (Å²) in [5.41, 5.74) is -0.307. The zero-order valence-electron chi connectivity index (χ0n) is 10.5. The van der Waals surface area contributed by atoms with Gasteiger partial charge in [-0.05, 0) is 12.1 Å². The molecule has 0 saturated carbocycles. The number of amides is 2. The number of benzene rings is 1. The van der Waals surface area contributed by atoms with Gasteiger partial charge >= 0.3 is 12.0 Å². The van der Waals surface area contributed by atoms with Gasteiger partial charge in [0.1, 0.15) is 17.4 Å². The van der Waals surface area contributed by atoms with Crippen LogP contribution in [0.25, 0.3) is 0 Å². The Kier molecular flexibility index (Phi) is 5.43. The smallest absolute Gasteiger partial charge is 0.334 e. The number of aliphatic carboxylic acids is 1. The quantitative estimate of drug-likeness (QED) is 0.743. The number of methoxy groups -OCH3 is 1. The lowest BCUT2D eigenvalue weighted by Crippen LogP contribution is -2.39. The molecule has 2 amide bonds. The number of hydrogen-bond donors (Lipinski definition) is 3. The summed E-state index contributed by atoms with van der Waals surface area (Å²) in [6.07, 6.45) is -1.19. The van der Waals surface area contributed by atoms with Gasteiger partial charge in [0.2, 0.25) is 0 Å². The monoisotopic (exact) mass is 281 g/mol. The van der Waals surface area contributed by atoms with Gasteiger partial charge in [0.05, 0.1) is 12.2 Å². The van der Waals surface area contributed by atoms with Crippen LogP contribution in [-0.4, -0.2) is 36.9 Å². The Balaban J connectivity index is 2.66. The summed E-state index contributed by atoms with van der Waals surface area (Å²) in [6, 6.07) is 4.64. The Bertz CT molecular complexity index is 556. The third kappa shape index (κ3) is 3.93. The summed E-state index contributed by atoms with van der Waals surface area (Å²) in [7, 11) is 1.19. The van der Waals surface area contributed by atoms with E-state index in [1.807, 2.05) is 0 Å². The highest BCUT2D eigenvalue weighted by Crippen LogP contribution is 2.17. The zero-order valence-corrected chi connectivity index (χ0v) is 10.5. The van der Waals surface area contributed by atoms with E-state index >= 15 is 0 Å². The fourth-order valence-electron chi connectivity index (χ4n) is 1.37. The van der Waals surface area contributed by atoms with Crippen LogP contribution in [0.5, 0.6) is 0 Å². The molecule has 1 unspecified atom stereocenters. The van der Waals surface area contributed by atoms with Crippen molar-refractivity contribution in [1.29, 1.82) is 5.26 Å². The molecular weight excluding hydrogens is 269 g/mol. The Hall–Kier alpha value is -2.66. The van der Waals surface area contributed by atoms with Crippen molar-refractivity contribution in [2.24, 2.45) is 0 Å². The van der Waals surface area contributed by atoms with Gasteiger partial charge < -0.3 is 20.5 Å². The van der Waals surface area contributed by atoms with E-state index in [1.54, 1.807) is 6.07 Å². The molecule has 7 nitrogen and oxygen atoms in total. The molecule has 0 heterocycles. The molecule has 0 spiro atoms. The molecule has 0 aliphatic rings. The Morgan fingerprint density at radius 3 is 2.80 bits per heavy atom. The molecule has 1 aromatic rings. The minimum Gasteiger partial charge on any atom is -0.479 e. The third-order valence-electron chi connectivity index (χ3n) is 2.38. The van der Waals surface area contributed by atoms with Crippen molar-refractivity contribution in [3.05, 3.63) is 29.6 Å². The van der Waals surface area contributed by atoms with Gasteiger partial charge in [0, 0.05) is 7.11 Å². The van der Waals surface area contributed by atoms with Crippen molar-refractivity contribution in [2.75, 3.05) is 19.0 Å². The van der Waals surface area contributed by atoms with Gasteiger partial charge in [-0.1, -0.05) is 6.07 Å². The molecule has 0 fully saturated rings. The van der Waals surface area contributed by atoms with E-state index in [0.717, 1.165) is 6.07 Å². The molecule has 0 radical (unpaired) electrons. The zero-order chi connectivity index (χ0) is 15.1. The summed E-state index contributed by atoms with van der Waals surface area (Å²) in [6.45, 7) is -0.269. The topological polar surface area (TPSA) is 111 Å². The number of carboxylic acid groups (broad SMARTS) is 1. The second-order valence-electron chi connectivity index (χ2n) is 3.67. The molecule has 0 aromatic heterocycles. The second-order valence-corrected chi connectivity index (χ2v) is 3.67. The summed E-state index contributed by atoms with van der Waals surface area (Å²) < 4.78 is 17.9. The number of halogens is 1. The largest absolute Gasteiger partial charge is 0.479 e. The van der Waals surface area contributed by atoms with Gasteiger partial charge in [0.15, 0.2) is 6.10 Å². The van der Waals surface area contributed by atoms with Crippen LogP contribution in [0.1, 0.15) is 5.56 Å². The highest BCUT2D eigenvalue weighted by atomic mass is 19.1. The first-order valence-corrected chi connectivity index (χ1v) is 5.48. The Labute approximate surface area is 114 Å². The van der Waals surface area contributed by atoms with E-state index < -0.39 is 23.9 Å². The van der Waals surface area contributed by atoms with Crippen molar-refractivity contribution in [3.63, 3.8) is 0 Å². The van der Waals surface area contributed by atoms with Gasteiger partial charge in [0.25, 0.3) is 0 Å². The van der Waals surface area contributed by atoms with Crippen LogP contribution < -0.4 is 10.6 Å². The number of ether oxygens (including phenoxy) is 1. The average molecular weight is 281 g/mol. The lowest BCUT2D eigenvalue weighted by atomic mass is 10.2. The van der Waals surface area contributed by atoms with E-state index in [4.69, 9.17) is 10.4 Å². The van der Waals surface area contributed by atoms with Crippen LogP contribution in [0.3, 0.4) is 0 Å². The predicted molar refractivity (Wildman–Crippen MR) is 66.6 cm³/mol. The second kappa shape index (κ2) is 7.06. The maximum Gasteiger partial charge on any atom is 0.334 e. The Morgan fingerprint density at radius 1 is 1.55 bits per heavy atom. The van der Waals surface area contributed by atoms with E-state index in [0.29, 0.717) is 0 Å². The van der Waals surface area contributed by atoms with E-state index in [-0.39, 0.29) is 17.8 Å². The Morgan fingerprint density at radius 2 is 2.25 bits per heavy atom. The van der Waals surface area contributed by atoms with E-state index in [2.05, 4.69) is 15.4 Å². The van der Waals surface area contributed by atoms with Crippen LogP contribution in [-0.2, 0) is 9.53 Å². The number of carboxylic acids is 1. The minimum absolute atomic E-state index is 0.00529. The summed E-state index contributed by atoms with van der Waals surface area (Å²) in [5, 5.41) is 22.0. The first kappa shape index (κ1) is 15.4. The maximum atomic E-state index is 13.3. The SMILES string of the molecule is COC(CNC(=O)Nc1cccc(F)c1C#N)C(=O)O. The molecule has 1 atom stereocenters. The van der Waals surface area contributed by atoms with E-state index in [9.17, 15) is 14.0 Å². The number of nitrogens with one attached hydrogen (secondary N) is 2. The lowest BCUT2D eigenvalue weighted by molar-refractivity contribution is -0.147. The normalized spacial score (nSPS) is 11.2. The van der Waals surface area contributed by atoms with Crippen LogP contribution in [0, 0.1) is 17.1 Å². The average Bonchev–Trinajstić information content (AvgIpc) is 2.39. The molecule has 0 aliphatic heterocycles. The first-order valence-electron chi connectivity index (χ1n) is 5.48. The van der Waals surface area contributed by atoms with Crippen LogP contribution >= 0.6 is 0 Å². The van der Waals surface area contributed by atoms with Crippen molar-refractivity contribution < 1.29 is 23.8 Å². The summed E-state index contributed by atoms with van der Waals surface area (Å²) in [5.74, 6) is -1.98. The molecule has 1 aromatic carbocycles. The molecule has 20 heavy (non-hydrogen) atoms. The molecule has 3 N–H and O–H groups in total. The molecule has 106 valence electrons. The number of carbonyl (C=O) groups is 2. The van der Waals surface area contributed by atoms with Gasteiger partial charge in [-0.3, -0.25) is 0 Å². The molecule has 0 aliphatic carbocycles. The van der Waals surface area contributed by atoms with Gasteiger partial charge in [-0.25, -0.2) is 14.0 Å². The van der Waals surface area contributed by atoms with Crippen molar-refractivity contribution in [3.8, 4) is 6.07 Å². The summed E-state index contributed by atoms with van der Waals surface area (Å²) >= 11 is 0. The predicted octanol–water partition coefficient (Wildman–Crippen LogP) is 0.918. The van der Waals surface area contributed by atoms with Crippen LogP contribution in [0.4, 0.5) is 14.9 Å². The molecule has 0 bridgehead atoms. The van der Waals surface area contributed by atoms with Crippen LogP contribution in [0.15, 0.2) is 18.2 Å². The summed E-state index contributed by atoms with van der Waals surface area (Å²) in [4.78, 5) is 22.2. The van der Waals surface area contributed by atoms with Crippen LogP contribution in [0.2, 0.25) is 0 Å². The van der Waals surface area contributed by atoms with Crippen molar-refractivity contribution in [2.45, 2.75) is 6.10 Å². The molecule has 1 rings (SSSR count). The number of rotatable bonds is 5. The third-order valence-corrected chi connectivity index (χ3v) is 2.38. The number of urea groups is 1. The number of anilines is 1. The standard InChI is InChI=1S/C12H12FN3O4/c1-20-10(11(17)18)6-15-12(19)16-9-4-2-3-8(13)7(9)5-14/h2-4,10H,6H2,1H3,(H,17,18)(H2,15,16,19). The van der Waals surface area contributed by atoms with Gasteiger partial charge in [-0.2, -0.15) is 5.26 Å². The van der Waals surface area contributed by atoms with Crippen molar-refractivity contribution >= 4 is 17.7 Å². The number of nitrogens with zero attached hydrogens (tertiary/aromatic N) is 1. The highest BCUT2D eigenvalue weighted by Gasteiger charge is 2.17. The minimum atomic E-state index is -1.23. The van der Waals surface area contributed by atoms with Crippen molar-refractivity contribution in [1.82, 2.24) is 5.32 Å². The molecule has 0 saturated heterocycles. The first-order chi connectivity index (χ1) is 9.49. The fourth-order valence-corrected chi connectivity index (χ4v) is 1.37. The number of nitriles is 1. The fraction of sp³-hybridized carbons (Fsp3) is 0.250. The highest BCUT2D eigenvalue weighted by molar-refractivity contribution is 5.91.